The van der Waals surface area contributed by atoms with Gasteiger partial charge in [0.2, 0.25) is 0 Å². The van der Waals surface area contributed by atoms with Crippen molar-refractivity contribution in [3.8, 4) is 6.07 Å². The molecule has 0 aliphatic rings. The lowest BCUT2D eigenvalue weighted by Crippen LogP contribution is -2.03. The summed E-state index contributed by atoms with van der Waals surface area (Å²) >= 11 is 5.77. The van der Waals surface area contributed by atoms with Crippen LogP contribution in [0.5, 0.6) is 0 Å². The summed E-state index contributed by atoms with van der Waals surface area (Å²) in [5.74, 6) is 0. The molecule has 0 aliphatic heterocycles. The molecule has 0 amide bonds. The maximum atomic E-state index is 11.0. The van der Waals surface area contributed by atoms with Crippen LogP contribution in [0.2, 0.25) is 5.02 Å². The van der Waals surface area contributed by atoms with E-state index in [1.54, 1.807) is 12.1 Å². The molecule has 0 atom stereocenters. The standard InChI is InChI=1S/C15H12ClN3O2/c16-13-4-3-12(15(9-13)19(20)21)10-18-14-5-1-11(2-6-14)7-8-17/h1-6,9,18H,7,10H2. The third-order valence-corrected chi connectivity index (χ3v) is 3.20. The summed E-state index contributed by atoms with van der Waals surface area (Å²) in [5.41, 5.74) is 2.32. The highest BCUT2D eigenvalue weighted by Gasteiger charge is 2.13. The maximum Gasteiger partial charge on any atom is 0.275 e. The van der Waals surface area contributed by atoms with Crippen molar-refractivity contribution in [2.24, 2.45) is 0 Å². The average Bonchev–Trinajstić information content (AvgIpc) is 2.47. The van der Waals surface area contributed by atoms with E-state index in [0.717, 1.165) is 11.3 Å². The molecule has 0 bridgehead atoms. The van der Waals surface area contributed by atoms with Crippen molar-refractivity contribution in [3.05, 3.63) is 68.7 Å². The van der Waals surface area contributed by atoms with E-state index in [2.05, 4.69) is 11.4 Å². The second-order valence-corrected chi connectivity index (χ2v) is 4.85. The molecule has 0 aliphatic carbocycles. The smallest absolute Gasteiger partial charge is 0.275 e. The highest BCUT2D eigenvalue weighted by molar-refractivity contribution is 6.30. The number of benzene rings is 2. The first-order valence-corrected chi connectivity index (χ1v) is 6.60. The third kappa shape index (κ3) is 3.94. The summed E-state index contributed by atoms with van der Waals surface area (Å²) in [6.07, 6.45) is 0.364. The minimum absolute atomic E-state index is 0.00361. The maximum absolute atomic E-state index is 11.0. The number of nitro benzene ring substituents is 1. The zero-order chi connectivity index (χ0) is 15.2. The number of nitrogens with zero attached hydrogens (tertiary/aromatic N) is 2. The lowest BCUT2D eigenvalue weighted by atomic mass is 10.1. The fraction of sp³-hybridized carbons (Fsp3) is 0.133. The molecule has 106 valence electrons. The molecule has 0 saturated carbocycles. The Kier molecular flexibility index (Phi) is 4.75. The van der Waals surface area contributed by atoms with Crippen molar-refractivity contribution in [3.63, 3.8) is 0 Å². The summed E-state index contributed by atoms with van der Waals surface area (Å²) in [7, 11) is 0. The van der Waals surface area contributed by atoms with Crippen LogP contribution >= 0.6 is 11.6 Å². The molecule has 5 nitrogen and oxygen atoms in total. The van der Waals surface area contributed by atoms with Crippen molar-refractivity contribution < 1.29 is 4.92 Å². The largest absolute Gasteiger partial charge is 0.381 e. The van der Waals surface area contributed by atoms with Crippen LogP contribution in [0.4, 0.5) is 11.4 Å². The Labute approximate surface area is 126 Å². The molecular weight excluding hydrogens is 290 g/mol. The second-order valence-electron chi connectivity index (χ2n) is 4.42. The number of nitro groups is 1. The Morgan fingerprint density at radius 1 is 1.24 bits per heavy atom. The Bertz CT molecular complexity index is 693. The topological polar surface area (TPSA) is 79.0 Å². The Morgan fingerprint density at radius 3 is 2.57 bits per heavy atom. The number of rotatable bonds is 5. The van der Waals surface area contributed by atoms with Gasteiger partial charge in [-0.15, -0.1) is 0 Å². The Morgan fingerprint density at radius 2 is 1.95 bits per heavy atom. The Hall–Kier alpha value is -2.58. The Balaban J connectivity index is 2.09. The van der Waals surface area contributed by atoms with Gasteiger partial charge in [-0.05, 0) is 29.8 Å². The number of hydrogen-bond donors (Lipinski definition) is 1. The number of hydrogen-bond acceptors (Lipinski definition) is 4. The number of nitrogens with one attached hydrogen (secondary N) is 1. The van der Waals surface area contributed by atoms with Gasteiger partial charge in [-0.1, -0.05) is 23.7 Å². The molecule has 6 heteroatoms. The summed E-state index contributed by atoms with van der Waals surface area (Å²) in [6, 6.07) is 14.1. The van der Waals surface area contributed by atoms with E-state index in [-0.39, 0.29) is 5.69 Å². The summed E-state index contributed by atoms with van der Waals surface area (Å²) in [4.78, 5) is 10.5. The summed E-state index contributed by atoms with van der Waals surface area (Å²) < 4.78 is 0. The molecule has 21 heavy (non-hydrogen) atoms. The fourth-order valence-electron chi connectivity index (χ4n) is 1.89. The predicted molar refractivity (Wildman–Crippen MR) is 81.2 cm³/mol. The monoisotopic (exact) mass is 301 g/mol. The van der Waals surface area contributed by atoms with Gasteiger partial charge < -0.3 is 5.32 Å². The highest BCUT2D eigenvalue weighted by atomic mass is 35.5. The highest BCUT2D eigenvalue weighted by Crippen LogP contribution is 2.24. The number of anilines is 1. The average molecular weight is 302 g/mol. The molecule has 0 spiro atoms. The zero-order valence-corrected chi connectivity index (χ0v) is 11.8. The van der Waals surface area contributed by atoms with Gasteiger partial charge in [0.05, 0.1) is 17.4 Å². The van der Waals surface area contributed by atoms with Crippen molar-refractivity contribution in [1.82, 2.24) is 0 Å². The SMILES string of the molecule is N#CCc1ccc(NCc2ccc(Cl)cc2[N+](=O)[O-])cc1. The molecular formula is C15H12ClN3O2. The van der Waals surface area contributed by atoms with Gasteiger partial charge in [-0.3, -0.25) is 10.1 Å². The molecule has 1 N–H and O–H groups in total. The van der Waals surface area contributed by atoms with Crippen molar-refractivity contribution in [2.45, 2.75) is 13.0 Å². The van der Waals surface area contributed by atoms with Gasteiger partial charge in [-0.2, -0.15) is 5.26 Å². The van der Waals surface area contributed by atoms with E-state index in [9.17, 15) is 10.1 Å². The van der Waals surface area contributed by atoms with Crippen LogP contribution in [0, 0.1) is 21.4 Å². The minimum atomic E-state index is -0.446. The normalized spacial score (nSPS) is 9.90. The lowest BCUT2D eigenvalue weighted by molar-refractivity contribution is -0.385. The molecule has 0 fully saturated rings. The minimum Gasteiger partial charge on any atom is -0.381 e. The van der Waals surface area contributed by atoms with Gasteiger partial charge in [-0.25, -0.2) is 0 Å². The molecule has 0 unspecified atom stereocenters. The van der Waals surface area contributed by atoms with Crippen LogP contribution < -0.4 is 5.32 Å². The first-order chi connectivity index (χ1) is 10.1. The van der Waals surface area contributed by atoms with E-state index >= 15 is 0 Å². The fourth-order valence-corrected chi connectivity index (χ4v) is 2.05. The summed E-state index contributed by atoms with van der Waals surface area (Å²) in [6.45, 7) is 0.324. The van der Waals surface area contributed by atoms with Gasteiger partial charge in [0.1, 0.15) is 0 Å². The lowest BCUT2D eigenvalue weighted by Gasteiger charge is -2.08. The predicted octanol–water partition coefficient (Wildman–Crippen LogP) is 3.93. The van der Waals surface area contributed by atoms with E-state index in [0.29, 0.717) is 23.6 Å². The van der Waals surface area contributed by atoms with E-state index in [1.165, 1.54) is 6.07 Å². The number of halogens is 1. The first kappa shape index (κ1) is 14.8. The van der Waals surface area contributed by atoms with Crippen LogP contribution in [0.3, 0.4) is 0 Å². The molecule has 2 aromatic carbocycles. The van der Waals surface area contributed by atoms with E-state index in [4.69, 9.17) is 16.9 Å². The van der Waals surface area contributed by atoms with Crippen LogP contribution in [-0.2, 0) is 13.0 Å². The molecule has 0 saturated heterocycles. The molecule has 0 heterocycles. The van der Waals surface area contributed by atoms with Gasteiger partial charge in [0.25, 0.3) is 5.69 Å². The first-order valence-electron chi connectivity index (χ1n) is 6.22. The van der Waals surface area contributed by atoms with Crippen LogP contribution in [0.15, 0.2) is 42.5 Å². The van der Waals surface area contributed by atoms with Crippen molar-refractivity contribution in [2.75, 3.05) is 5.32 Å². The van der Waals surface area contributed by atoms with Gasteiger partial charge in [0, 0.05) is 28.9 Å². The van der Waals surface area contributed by atoms with Gasteiger partial charge in [0.15, 0.2) is 0 Å². The van der Waals surface area contributed by atoms with E-state index < -0.39 is 4.92 Å². The van der Waals surface area contributed by atoms with Crippen molar-refractivity contribution in [1.29, 1.82) is 5.26 Å². The number of nitriles is 1. The van der Waals surface area contributed by atoms with Crippen LogP contribution in [0.1, 0.15) is 11.1 Å². The molecule has 0 radical (unpaired) electrons. The van der Waals surface area contributed by atoms with Crippen LogP contribution in [-0.4, -0.2) is 4.92 Å². The van der Waals surface area contributed by atoms with Crippen molar-refractivity contribution >= 4 is 23.0 Å². The second kappa shape index (κ2) is 6.73. The van der Waals surface area contributed by atoms with Gasteiger partial charge >= 0.3 is 0 Å². The molecule has 2 rings (SSSR count). The zero-order valence-electron chi connectivity index (χ0n) is 11.0. The molecule has 2 aromatic rings. The van der Waals surface area contributed by atoms with E-state index in [1.807, 2.05) is 24.3 Å². The quantitative estimate of drug-likeness (QED) is 0.670. The van der Waals surface area contributed by atoms with Crippen LogP contribution in [0.25, 0.3) is 0 Å². The molecule has 0 aromatic heterocycles. The third-order valence-electron chi connectivity index (χ3n) is 2.96. The summed E-state index contributed by atoms with van der Waals surface area (Å²) in [5, 5.41) is 23.0.